The van der Waals surface area contributed by atoms with Crippen LogP contribution in [0.4, 0.5) is 0 Å². The third kappa shape index (κ3) is 34.2. The molecule has 0 aromatic carbocycles. The predicted octanol–water partition coefficient (Wildman–Crippen LogP) is 9.71. The summed E-state index contributed by atoms with van der Waals surface area (Å²) in [6.45, 7) is 4.34. The summed E-state index contributed by atoms with van der Waals surface area (Å²) in [6.07, 6.45) is 35.0. The van der Waals surface area contributed by atoms with Crippen LogP contribution in [-0.4, -0.2) is 84.6 Å². The number of likely N-dealkylation sites (N-methyl/N-ethyl adjacent to an activating group) is 1. The first-order valence-corrected chi connectivity index (χ1v) is 21.9. The highest BCUT2D eigenvalue weighted by molar-refractivity contribution is 7.47. The highest BCUT2D eigenvalue weighted by atomic mass is 31.2. The molecule has 0 aromatic rings. The number of phosphoric ester groups is 1. The number of nitrogens with zero attached hydrogens (tertiary/aromatic N) is 1. The van der Waals surface area contributed by atoms with E-state index in [2.05, 4.69) is 48.7 Å². The summed E-state index contributed by atoms with van der Waals surface area (Å²) in [5, 5.41) is 24.5. The van der Waals surface area contributed by atoms with Crippen molar-refractivity contribution in [3.8, 4) is 0 Å². The molecule has 4 atom stereocenters. The summed E-state index contributed by atoms with van der Waals surface area (Å²) < 4.78 is 23.4. The summed E-state index contributed by atoms with van der Waals surface area (Å²) in [7, 11) is 1.40. The van der Waals surface area contributed by atoms with Gasteiger partial charge in [-0.05, 0) is 58.3 Å². The van der Waals surface area contributed by atoms with E-state index in [1.807, 2.05) is 28.1 Å². The van der Waals surface area contributed by atoms with Gasteiger partial charge in [0.05, 0.1) is 39.9 Å². The second-order valence-corrected chi connectivity index (χ2v) is 16.6. The maximum atomic E-state index is 12.9. The number of hydrogen-bond donors (Lipinski definition) is 4. The number of phosphoric acid groups is 1. The number of allylic oxidation sites excluding steroid dienone is 6. The third-order valence-corrected chi connectivity index (χ3v) is 10.0. The zero-order chi connectivity index (χ0) is 38.1. The Morgan fingerprint density at radius 1 is 0.706 bits per heavy atom. The van der Waals surface area contributed by atoms with Crippen LogP contribution in [0.5, 0.6) is 0 Å². The summed E-state index contributed by atoms with van der Waals surface area (Å²) in [6, 6.07) is -1.05. The zero-order valence-corrected chi connectivity index (χ0v) is 34.3. The van der Waals surface area contributed by atoms with E-state index in [0.717, 1.165) is 51.4 Å². The topological polar surface area (TPSA) is 125 Å². The second-order valence-electron chi connectivity index (χ2n) is 15.1. The van der Waals surface area contributed by atoms with Crippen molar-refractivity contribution in [3.63, 3.8) is 0 Å². The molecular formula is C41H80N2O7P+. The van der Waals surface area contributed by atoms with Crippen LogP contribution >= 0.6 is 7.82 Å². The van der Waals surface area contributed by atoms with Gasteiger partial charge in [0, 0.05) is 6.42 Å². The van der Waals surface area contributed by atoms with E-state index in [9.17, 15) is 24.5 Å². The number of rotatable bonds is 36. The van der Waals surface area contributed by atoms with Crippen LogP contribution in [0.3, 0.4) is 0 Å². The molecule has 0 saturated carbocycles. The van der Waals surface area contributed by atoms with Crippen molar-refractivity contribution < 1.29 is 38.0 Å². The minimum absolute atomic E-state index is 0.0129. The highest BCUT2D eigenvalue weighted by Crippen LogP contribution is 2.43. The fourth-order valence-electron chi connectivity index (χ4n) is 5.71. The summed E-state index contributed by atoms with van der Waals surface area (Å²) in [5.41, 5.74) is 0. The van der Waals surface area contributed by atoms with Gasteiger partial charge in [-0.15, -0.1) is 0 Å². The normalized spacial score (nSPS) is 15.5. The Hall–Kier alpha value is -1.32. The molecule has 0 bridgehead atoms. The Morgan fingerprint density at radius 3 is 1.67 bits per heavy atom. The van der Waals surface area contributed by atoms with E-state index in [1.54, 1.807) is 0 Å². The Kier molecular flexibility index (Phi) is 32.4. The lowest BCUT2D eigenvalue weighted by molar-refractivity contribution is -0.870. The average molecular weight is 744 g/mol. The van der Waals surface area contributed by atoms with Crippen molar-refractivity contribution >= 4 is 13.7 Å². The molecule has 9 nitrogen and oxygen atoms in total. The maximum absolute atomic E-state index is 12.9. The van der Waals surface area contributed by atoms with Gasteiger partial charge in [-0.1, -0.05) is 133 Å². The molecule has 0 rings (SSSR count). The molecule has 0 aliphatic rings. The fraction of sp³-hybridized carbons (Fsp3) is 0.829. The number of unbranched alkanes of at least 4 members (excludes halogenated alkanes) is 17. The molecule has 0 saturated heterocycles. The first-order chi connectivity index (χ1) is 24.4. The number of aliphatic hydroxyl groups excluding tert-OH is 2. The zero-order valence-electron chi connectivity index (χ0n) is 33.4. The number of quaternary nitrogens is 1. The van der Waals surface area contributed by atoms with Gasteiger partial charge in [-0.2, -0.15) is 0 Å². The molecule has 10 heteroatoms. The third-order valence-electron chi connectivity index (χ3n) is 9.03. The lowest BCUT2D eigenvalue weighted by atomic mass is 10.0. The van der Waals surface area contributed by atoms with E-state index >= 15 is 0 Å². The predicted molar refractivity (Wildman–Crippen MR) is 214 cm³/mol. The SMILES string of the molecule is C/C=C/CC/C=C/CC/C=C/CCCC(O)C(O)C(COP(=O)(O)OCC[N+](C)(C)C)NC(=O)CCCCCCCCCCCCCCCCC. The van der Waals surface area contributed by atoms with Gasteiger partial charge in [0.1, 0.15) is 19.3 Å². The van der Waals surface area contributed by atoms with Crippen LogP contribution in [-0.2, 0) is 18.4 Å². The van der Waals surface area contributed by atoms with Crippen molar-refractivity contribution in [1.82, 2.24) is 5.32 Å². The lowest BCUT2D eigenvalue weighted by Gasteiger charge is -2.28. The van der Waals surface area contributed by atoms with Gasteiger partial charge in [0.15, 0.2) is 0 Å². The van der Waals surface area contributed by atoms with E-state index in [0.29, 0.717) is 23.9 Å². The van der Waals surface area contributed by atoms with Crippen LogP contribution in [0.1, 0.15) is 162 Å². The van der Waals surface area contributed by atoms with Crippen molar-refractivity contribution in [1.29, 1.82) is 0 Å². The van der Waals surface area contributed by atoms with Gasteiger partial charge < -0.3 is 24.9 Å². The molecule has 1 amide bonds. The van der Waals surface area contributed by atoms with Crippen LogP contribution in [0.2, 0.25) is 0 Å². The van der Waals surface area contributed by atoms with Crippen LogP contribution in [0, 0.1) is 0 Å². The largest absolute Gasteiger partial charge is 0.472 e. The molecule has 0 aliphatic carbocycles. The quantitative estimate of drug-likeness (QED) is 0.0218. The molecule has 4 unspecified atom stereocenters. The van der Waals surface area contributed by atoms with Crippen molar-refractivity contribution in [3.05, 3.63) is 36.5 Å². The highest BCUT2D eigenvalue weighted by Gasteiger charge is 2.31. The number of amides is 1. The van der Waals surface area contributed by atoms with Gasteiger partial charge in [-0.25, -0.2) is 4.57 Å². The molecule has 0 aliphatic heterocycles. The Balaban J connectivity index is 4.61. The summed E-state index contributed by atoms with van der Waals surface area (Å²) in [4.78, 5) is 23.1. The fourth-order valence-corrected chi connectivity index (χ4v) is 6.45. The number of hydrogen-bond acceptors (Lipinski definition) is 6. The van der Waals surface area contributed by atoms with Crippen molar-refractivity contribution in [2.45, 2.75) is 180 Å². The van der Waals surface area contributed by atoms with Gasteiger partial charge in [-0.3, -0.25) is 13.8 Å². The van der Waals surface area contributed by atoms with Crippen LogP contribution in [0.15, 0.2) is 36.5 Å². The molecular weight excluding hydrogens is 663 g/mol. The number of aliphatic hydroxyl groups is 2. The molecule has 51 heavy (non-hydrogen) atoms. The minimum Gasteiger partial charge on any atom is -0.390 e. The molecule has 4 N–H and O–H groups in total. The Labute approximate surface area is 313 Å². The molecule has 0 radical (unpaired) electrons. The van der Waals surface area contributed by atoms with Crippen molar-refractivity contribution in [2.24, 2.45) is 0 Å². The van der Waals surface area contributed by atoms with E-state index in [1.165, 1.54) is 77.0 Å². The van der Waals surface area contributed by atoms with Crippen LogP contribution < -0.4 is 5.32 Å². The first-order valence-electron chi connectivity index (χ1n) is 20.4. The second kappa shape index (κ2) is 33.3. The Morgan fingerprint density at radius 2 is 1.18 bits per heavy atom. The molecule has 0 fully saturated rings. The molecule has 0 heterocycles. The maximum Gasteiger partial charge on any atom is 0.472 e. The smallest absolute Gasteiger partial charge is 0.390 e. The lowest BCUT2D eigenvalue weighted by Crippen LogP contribution is -2.51. The van der Waals surface area contributed by atoms with Gasteiger partial charge >= 0.3 is 7.82 Å². The summed E-state index contributed by atoms with van der Waals surface area (Å²) >= 11 is 0. The van der Waals surface area contributed by atoms with E-state index in [-0.39, 0.29) is 18.9 Å². The van der Waals surface area contributed by atoms with Gasteiger partial charge in [0.2, 0.25) is 5.91 Å². The van der Waals surface area contributed by atoms with Crippen LogP contribution in [0.25, 0.3) is 0 Å². The monoisotopic (exact) mass is 744 g/mol. The standard InChI is InChI=1S/C41H79N2O7P/c1-6-8-10-12-14-16-18-20-21-22-24-26-28-30-32-34-40(45)42-38(37-50-51(47,48)49-36-35-43(3,4)5)41(46)39(44)33-31-29-27-25-23-19-17-15-13-11-9-7-2/h7,9,15,17,25,27,38-39,41,44,46H,6,8,10-14,16,18-24,26,28-37H2,1-5H3,(H-,42,45,47,48)/p+1/b9-7+,17-15+,27-25+. The van der Waals surface area contributed by atoms with E-state index < -0.39 is 32.7 Å². The van der Waals surface area contributed by atoms with E-state index in [4.69, 9.17) is 9.05 Å². The first kappa shape index (κ1) is 49.7. The molecule has 0 spiro atoms. The summed E-state index contributed by atoms with van der Waals surface area (Å²) in [5.74, 6) is -0.276. The molecule has 0 aromatic heterocycles. The van der Waals surface area contributed by atoms with Crippen molar-refractivity contribution in [2.75, 3.05) is 40.9 Å². The minimum atomic E-state index is -4.42. The molecule has 300 valence electrons. The Bertz CT molecular complexity index is 951. The number of carbonyl (C=O) groups is 1. The van der Waals surface area contributed by atoms with Gasteiger partial charge in [0.25, 0.3) is 0 Å². The average Bonchev–Trinajstić information content (AvgIpc) is 3.07. The number of nitrogens with one attached hydrogen (secondary N) is 1. The number of carbonyl (C=O) groups excluding carboxylic acids is 1.